The number of amides is 6. The van der Waals surface area contributed by atoms with Crippen LogP contribution in [0.25, 0.3) is 0 Å². The van der Waals surface area contributed by atoms with E-state index in [0.29, 0.717) is 19.3 Å². The van der Waals surface area contributed by atoms with E-state index in [1.807, 2.05) is 55.4 Å². The van der Waals surface area contributed by atoms with E-state index in [4.69, 9.17) is 9.47 Å². The zero-order chi connectivity index (χ0) is 45.1. The third-order valence-electron chi connectivity index (χ3n) is 8.95. The van der Waals surface area contributed by atoms with Crippen molar-refractivity contribution < 1.29 is 48.1 Å². The summed E-state index contributed by atoms with van der Waals surface area (Å²) in [6, 6.07) is -3.46. The van der Waals surface area contributed by atoms with Gasteiger partial charge >= 0.3 is 5.97 Å². The Morgan fingerprint density at radius 1 is 0.492 bits per heavy atom. The molecule has 16 nitrogen and oxygen atoms in total. The van der Waals surface area contributed by atoms with Gasteiger partial charge in [-0.15, -0.1) is 13.2 Å². The average molecular weight is 837 g/mol. The highest BCUT2D eigenvalue weighted by molar-refractivity contribution is 5.83. The number of carbonyl (C=O) groups is 7. The first-order valence-electron chi connectivity index (χ1n) is 21.0. The predicted octanol–water partition coefficient (Wildman–Crippen LogP) is 3.54. The molecule has 0 fully saturated rings. The number of carboxylic acids is 1. The molecule has 6 amide bonds. The summed E-state index contributed by atoms with van der Waals surface area (Å²) in [6.45, 7) is 24.7. The highest BCUT2D eigenvalue weighted by atomic mass is 16.5. The SMILES string of the molecule is C=CCOC[C@@H](CC(=O)N[C@@H](CC(=O)O)CC(C)C)NC(=O)C[C@H](CC(C)C)NC(=O)C[C@H](CC(C)C)NC(=O)C[C@H](COCC=C)NC(=O)C[C@@H](NC(C)=O)C(C)C. The Balaban J connectivity index is 5.78. The van der Waals surface area contributed by atoms with Crippen LogP contribution in [0.2, 0.25) is 0 Å². The third-order valence-corrected chi connectivity index (χ3v) is 8.95. The first-order chi connectivity index (χ1) is 27.6. The van der Waals surface area contributed by atoms with Crippen molar-refractivity contribution in [2.24, 2.45) is 23.7 Å². The smallest absolute Gasteiger partial charge is 0.305 e. The van der Waals surface area contributed by atoms with Gasteiger partial charge in [0.25, 0.3) is 0 Å². The number of ether oxygens (including phenoxy) is 2. The Morgan fingerprint density at radius 3 is 1.08 bits per heavy atom. The summed E-state index contributed by atoms with van der Waals surface area (Å²) < 4.78 is 11.2. The highest BCUT2D eigenvalue weighted by Gasteiger charge is 2.27. The van der Waals surface area contributed by atoms with Gasteiger partial charge in [-0.2, -0.15) is 0 Å². The maximum Gasteiger partial charge on any atom is 0.305 e. The molecule has 0 saturated carbocycles. The van der Waals surface area contributed by atoms with Gasteiger partial charge in [-0.05, 0) is 42.9 Å². The van der Waals surface area contributed by atoms with E-state index in [1.165, 1.54) is 6.92 Å². The molecule has 0 rings (SSSR count). The number of rotatable bonds is 33. The minimum Gasteiger partial charge on any atom is -0.481 e. The highest BCUT2D eigenvalue weighted by Crippen LogP contribution is 2.14. The van der Waals surface area contributed by atoms with E-state index in [9.17, 15) is 38.7 Å². The van der Waals surface area contributed by atoms with E-state index < -0.39 is 48.0 Å². The largest absolute Gasteiger partial charge is 0.481 e. The molecular formula is C43H76N6O10. The monoisotopic (exact) mass is 837 g/mol. The first kappa shape index (κ1) is 54.7. The average Bonchev–Trinajstić information content (AvgIpc) is 3.06. The lowest BCUT2D eigenvalue weighted by atomic mass is 9.98. The van der Waals surface area contributed by atoms with Gasteiger partial charge in [-0.1, -0.05) is 67.5 Å². The Kier molecular flexibility index (Phi) is 28.4. The van der Waals surface area contributed by atoms with Gasteiger partial charge in [0.1, 0.15) is 0 Å². The fraction of sp³-hybridized carbons (Fsp3) is 0.744. The van der Waals surface area contributed by atoms with Crippen molar-refractivity contribution in [1.82, 2.24) is 31.9 Å². The van der Waals surface area contributed by atoms with Crippen molar-refractivity contribution in [1.29, 1.82) is 0 Å². The quantitative estimate of drug-likeness (QED) is 0.0376. The fourth-order valence-electron chi connectivity index (χ4n) is 6.63. The molecule has 0 aliphatic rings. The summed E-state index contributed by atoms with van der Waals surface area (Å²) >= 11 is 0. The molecule has 0 unspecified atom stereocenters. The van der Waals surface area contributed by atoms with Crippen LogP contribution in [0, 0.1) is 23.7 Å². The zero-order valence-electron chi connectivity index (χ0n) is 37.2. The van der Waals surface area contributed by atoms with Gasteiger partial charge in [0.15, 0.2) is 0 Å². The van der Waals surface area contributed by atoms with E-state index in [-0.39, 0.29) is 118 Å². The van der Waals surface area contributed by atoms with E-state index in [1.54, 1.807) is 12.2 Å². The lowest BCUT2D eigenvalue weighted by Gasteiger charge is -2.26. The maximum absolute atomic E-state index is 13.5. The van der Waals surface area contributed by atoms with Crippen LogP contribution in [0.3, 0.4) is 0 Å². The number of carboxylic acid groups (broad SMARTS) is 1. The molecule has 0 aliphatic carbocycles. The molecule has 0 aromatic carbocycles. The molecule has 0 aliphatic heterocycles. The number of nitrogens with one attached hydrogen (secondary N) is 6. The molecule has 59 heavy (non-hydrogen) atoms. The minimum absolute atomic E-state index is 0.00109. The van der Waals surface area contributed by atoms with Crippen LogP contribution in [0.1, 0.15) is 120 Å². The van der Waals surface area contributed by atoms with Gasteiger partial charge in [-0.3, -0.25) is 33.6 Å². The molecular weight excluding hydrogens is 761 g/mol. The first-order valence-corrected chi connectivity index (χ1v) is 21.0. The van der Waals surface area contributed by atoms with E-state index in [2.05, 4.69) is 45.1 Å². The van der Waals surface area contributed by atoms with E-state index in [0.717, 1.165) is 0 Å². The molecule has 6 atom stereocenters. The normalized spacial score (nSPS) is 14.4. The van der Waals surface area contributed by atoms with Crippen LogP contribution in [0.5, 0.6) is 0 Å². The van der Waals surface area contributed by atoms with Crippen molar-refractivity contribution in [3.63, 3.8) is 0 Å². The molecule has 338 valence electrons. The fourth-order valence-corrected chi connectivity index (χ4v) is 6.63. The molecule has 16 heteroatoms. The van der Waals surface area contributed by atoms with Gasteiger partial charge in [0.2, 0.25) is 35.4 Å². The second kappa shape index (κ2) is 30.7. The van der Waals surface area contributed by atoms with Crippen molar-refractivity contribution in [2.75, 3.05) is 26.4 Å². The maximum atomic E-state index is 13.5. The van der Waals surface area contributed by atoms with Crippen molar-refractivity contribution in [3.05, 3.63) is 25.3 Å². The summed E-state index contributed by atoms with van der Waals surface area (Å²) in [5.74, 6) is -2.79. The second-order valence-corrected chi connectivity index (χ2v) is 17.0. The predicted molar refractivity (Wildman–Crippen MR) is 228 cm³/mol. The number of hydrogen-bond donors (Lipinski definition) is 7. The Morgan fingerprint density at radius 2 is 0.797 bits per heavy atom. The van der Waals surface area contributed by atoms with E-state index >= 15 is 0 Å². The summed E-state index contributed by atoms with van der Waals surface area (Å²) in [5.41, 5.74) is 0. The number of hydrogen-bond acceptors (Lipinski definition) is 9. The summed E-state index contributed by atoms with van der Waals surface area (Å²) in [7, 11) is 0. The summed E-state index contributed by atoms with van der Waals surface area (Å²) in [6.07, 6.45) is 3.96. The molecule has 0 aromatic heterocycles. The van der Waals surface area contributed by atoms with Crippen molar-refractivity contribution in [3.8, 4) is 0 Å². The minimum atomic E-state index is -1.03. The molecule has 0 heterocycles. The second-order valence-electron chi connectivity index (χ2n) is 17.0. The summed E-state index contributed by atoms with van der Waals surface area (Å²) in [5, 5.41) is 26.5. The van der Waals surface area contributed by atoms with Crippen molar-refractivity contribution in [2.45, 2.75) is 156 Å². The molecule has 0 saturated heterocycles. The topological polar surface area (TPSA) is 230 Å². The van der Waals surface area contributed by atoms with Crippen LogP contribution in [-0.4, -0.2) is 109 Å². The van der Waals surface area contributed by atoms with Gasteiger partial charge in [0, 0.05) is 63.2 Å². The Hall–Kier alpha value is -4.31. The van der Waals surface area contributed by atoms with Gasteiger partial charge in [0.05, 0.1) is 44.9 Å². The van der Waals surface area contributed by atoms with Crippen LogP contribution in [-0.2, 0) is 43.0 Å². The third kappa shape index (κ3) is 29.5. The number of aliphatic carboxylic acids is 1. The summed E-state index contributed by atoms with van der Waals surface area (Å²) in [4.78, 5) is 89.4. The van der Waals surface area contributed by atoms with Crippen LogP contribution >= 0.6 is 0 Å². The molecule has 7 N–H and O–H groups in total. The van der Waals surface area contributed by atoms with Gasteiger partial charge < -0.3 is 46.5 Å². The lowest BCUT2D eigenvalue weighted by Crippen LogP contribution is -2.48. The van der Waals surface area contributed by atoms with Crippen LogP contribution in [0.15, 0.2) is 25.3 Å². The lowest BCUT2D eigenvalue weighted by molar-refractivity contribution is -0.138. The molecule has 0 aromatic rings. The zero-order valence-corrected chi connectivity index (χ0v) is 37.2. The Bertz CT molecular complexity index is 1340. The van der Waals surface area contributed by atoms with Gasteiger partial charge in [-0.25, -0.2) is 0 Å². The van der Waals surface area contributed by atoms with Crippen LogP contribution in [0.4, 0.5) is 0 Å². The molecule has 0 spiro atoms. The number of carbonyl (C=O) groups excluding carboxylic acids is 6. The molecule has 0 radical (unpaired) electrons. The van der Waals surface area contributed by atoms with Crippen LogP contribution < -0.4 is 31.9 Å². The molecule has 0 bridgehead atoms. The van der Waals surface area contributed by atoms with Crippen molar-refractivity contribution >= 4 is 41.4 Å². The Labute approximate surface area is 352 Å². The standard InChI is InChI=1S/C43H76N6O10/c1-12-14-58-25-35(21-41(54)47-34(18-29(7)8)23-43(56)57)48-39(52)20-33(17-28(5)6)45-38(51)19-32(16-27(3)4)46-40(53)22-36(26-59-15-13-2)49-42(55)24-37(30(9)10)44-31(11)50/h12-13,27-30,32-37H,1-2,14-26H2,3-11H3,(H,44,50)(H,45,51)(H,46,53)(H,47,54)(H,48,52)(H,49,55)(H,56,57)/t32-,33-,34+,35+,36+,37+/m0/s1.